The first-order valence-corrected chi connectivity index (χ1v) is 8.11. The summed E-state index contributed by atoms with van der Waals surface area (Å²) in [4.78, 5) is 4.66. The SMILES string of the molecule is CC(C)(C)C1CCC(c2noc([C@H]3CCCN3)n2)CC1. The first kappa shape index (κ1) is 14.1. The summed E-state index contributed by atoms with van der Waals surface area (Å²) in [6, 6.07) is 0.294. The van der Waals surface area contributed by atoms with E-state index in [9.17, 15) is 0 Å². The molecule has 1 aromatic rings. The molecule has 2 aliphatic rings. The van der Waals surface area contributed by atoms with Crippen molar-refractivity contribution in [1.29, 1.82) is 0 Å². The van der Waals surface area contributed by atoms with Crippen molar-refractivity contribution in [2.24, 2.45) is 11.3 Å². The molecule has 0 amide bonds. The molecule has 4 heteroatoms. The second kappa shape index (κ2) is 5.47. The molecule has 1 aliphatic heterocycles. The second-order valence-electron chi connectivity index (χ2n) is 7.55. The summed E-state index contributed by atoms with van der Waals surface area (Å²) in [5.41, 5.74) is 0.432. The van der Waals surface area contributed by atoms with Crippen LogP contribution in [0.5, 0.6) is 0 Å². The van der Waals surface area contributed by atoms with E-state index in [1.165, 1.54) is 32.1 Å². The Balaban J connectivity index is 1.61. The third-order valence-corrected chi connectivity index (χ3v) is 5.13. The van der Waals surface area contributed by atoms with Crippen molar-refractivity contribution < 1.29 is 4.52 Å². The van der Waals surface area contributed by atoms with Gasteiger partial charge in [-0.3, -0.25) is 0 Å². The molecular weight excluding hydrogens is 250 g/mol. The highest BCUT2D eigenvalue weighted by atomic mass is 16.5. The zero-order valence-electron chi connectivity index (χ0n) is 13.0. The molecule has 1 atom stereocenters. The Morgan fingerprint density at radius 1 is 1.10 bits per heavy atom. The van der Waals surface area contributed by atoms with E-state index < -0.39 is 0 Å². The monoisotopic (exact) mass is 277 g/mol. The van der Waals surface area contributed by atoms with Crippen molar-refractivity contribution in [3.8, 4) is 0 Å². The van der Waals surface area contributed by atoms with E-state index in [1.807, 2.05) is 0 Å². The van der Waals surface area contributed by atoms with Crippen LogP contribution in [0.25, 0.3) is 0 Å². The Morgan fingerprint density at radius 3 is 2.45 bits per heavy atom. The molecule has 2 fully saturated rings. The van der Waals surface area contributed by atoms with E-state index in [0.29, 0.717) is 17.4 Å². The first-order valence-electron chi connectivity index (χ1n) is 8.11. The van der Waals surface area contributed by atoms with Crippen molar-refractivity contribution in [3.05, 3.63) is 11.7 Å². The maximum Gasteiger partial charge on any atom is 0.243 e. The molecule has 2 heterocycles. The van der Waals surface area contributed by atoms with Crippen LogP contribution >= 0.6 is 0 Å². The molecule has 1 saturated carbocycles. The molecule has 1 aromatic heterocycles. The van der Waals surface area contributed by atoms with E-state index in [0.717, 1.165) is 30.6 Å². The van der Waals surface area contributed by atoms with Crippen molar-refractivity contribution in [2.45, 2.75) is 71.3 Å². The van der Waals surface area contributed by atoms with Crippen LogP contribution in [-0.4, -0.2) is 16.7 Å². The number of rotatable bonds is 2. The highest BCUT2D eigenvalue weighted by molar-refractivity contribution is 5.02. The standard InChI is InChI=1S/C16H27N3O/c1-16(2,3)12-8-6-11(7-9-12)14-18-15(20-19-14)13-5-4-10-17-13/h11-13,17H,4-10H2,1-3H3/t11?,12?,13-/m1/s1. The third-order valence-electron chi connectivity index (χ3n) is 5.13. The van der Waals surface area contributed by atoms with Crippen molar-refractivity contribution in [3.63, 3.8) is 0 Å². The first-order chi connectivity index (χ1) is 9.54. The summed E-state index contributed by atoms with van der Waals surface area (Å²) in [6.07, 6.45) is 7.33. The Morgan fingerprint density at radius 2 is 1.85 bits per heavy atom. The van der Waals surface area contributed by atoms with Gasteiger partial charge in [0.15, 0.2) is 5.82 Å². The average Bonchev–Trinajstić information content (AvgIpc) is 3.09. The number of hydrogen-bond acceptors (Lipinski definition) is 4. The number of nitrogens with zero attached hydrogens (tertiary/aromatic N) is 2. The van der Waals surface area contributed by atoms with E-state index >= 15 is 0 Å². The highest BCUT2D eigenvalue weighted by Gasteiger charge is 2.32. The summed E-state index contributed by atoms with van der Waals surface area (Å²) in [7, 11) is 0. The van der Waals surface area contributed by atoms with Gasteiger partial charge in [-0.05, 0) is 56.4 Å². The average molecular weight is 277 g/mol. The Bertz CT molecular complexity index is 435. The molecular formula is C16H27N3O. The van der Waals surface area contributed by atoms with Crippen molar-refractivity contribution in [2.75, 3.05) is 6.54 Å². The maximum absolute atomic E-state index is 5.47. The predicted octanol–water partition coefficient (Wildman–Crippen LogP) is 3.81. The van der Waals surface area contributed by atoms with Gasteiger partial charge < -0.3 is 9.84 Å². The summed E-state index contributed by atoms with van der Waals surface area (Å²) in [6.45, 7) is 8.14. The van der Waals surface area contributed by atoms with Crippen LogP contribution < -0.4 is 5.32 Å². The lowest BCUT2D eigenvalue weighted by Crippen LogP contribution is -2.25. The van der Waals surface area contributed by atoms with E-state index in [1.54, 1.807) is 0 Å². The Labute approximate surface area is 121 Å². The van der Waals surface area contributed by atoms with Crippen LogP contribution in [-0.2, 0) is 0 Å². The summed E-state index contributed by atoms with van der Waals surface area (Å²) in [5, 5.41) is 7.67. The largest absolute Gasteiger partial charge is 0.338 e. The minimum absolute atomic E-state index is 0.294. The fraction of sp³-hybridized carbons (Fsp3) is 0.875. The lowest BCUT2D eigenvalue weighted by Gasteiger charge is -2.36. The van der Waals surface area contributed by atoms with E-state index in [2.05, 4.69) is 36.2 Å². The molecule has 3 rings (SSSR count). The normalized spacial score (nSPS) is 31.6. The molecule has 20 heavy (non-hydrogen) atoms. The molecule has 1 saturated heterocycles. The molecule has 4 nitrogen and oxygen atoms in total. The number of nitrogens with one attached hydrogen (secondary N) is 1. The van der Waals surface area contributed by atoms with Gasteiger partial charge in [0.1, 0.15) is 0 Å². The van der Waals surface area contributed by atoms with Crippen LogP contribution in [0.4, 0.5) is 0 Å². The quantitative estimate of drug-likeness (QED) is 0.893. The molecule has 1 N–H and O–H groups in total. The van der Waals surface area contributed by atoms with Gasteiger partial charge in [0, 0.05) is 5.92 Å². The minimum Gasteiger partial charge on any atom is -0.338 e. The maximum atomic E-state index is 5.47. The summed E-state index contributed by atoms with van der Waals surface area (Å²) >= 11 is 0. The van der Waals surface area contributed by atoms with Crippen molar-refractivity contribution in [1.82, 2.24) is 15.5 Å². The predicted molar refractivity (Wildman–Crippen MR) is 78.4 cm³/mol. The molecule has 0 aromatic carbocycles. The second-order valence-corrected chi connectivity index (χ2v) is 7.55. The number of hydrogen-bond donors (Lipinski definition) is 1. The van der Waals surface area contributed by atoms with Crippen molar-refractivity contribution >= 4 is 0 Å². The molecule has 0 bridgehead atoms. The molecule has 1 aliphatic carbocycles. The van der Waals surface area contributed by atoms with Crippen LogP contribution in [0, 0.1) is 11.3 Å². The lowest BCUT2D eigenvalue weighted by molar-refractivity contribution is 0.166. The minimum atomic E-state index is 0.294. The smallest absolute Gasteiger partial charge is 0.243 e. The van der Waals surface area contributed by atoms with Gasteiger partial charge in [-0.15, -0.1) is 0 Å². The van der Waals surface area contributed by atoms with E-state index in [-0.39, 0.29) is 0 Å². The third kappa shape index (κ3) is 2.90. The van der Waals surface area contributed by atoms with Crippen LogP contribution in [0.2, 0.25) is 0 Å². The van der Waals surface area contributed by atoms with Gasteiger partial charge in [-0.2, -0.15) is 4.98 Å². The van der Waals surface area contributed by atoms with Gasteiger partial charge in [0.25, 0.3) is 0 Å². The van der Waals surface area contributed by atoms with Gasteiger partial charge in [0.2, 0.25) is 5.89 Å². The zero-order valence-corrected chi connectivity index (χ0v) is 13.0. The molecule has 0 spiro atoms. The van der Waals surface area contributed by atoms with Gasteiger partial charge >= 0.3 is 0 Å². The van der Waals surface area contributed by atoms with Gasteiger partial charge in [-0.25, -0.2) is 0 Å². The molecule has 0 unspecified atom stereocenters. The summed E-state index contributed by atoms with van der Waals surface area (Å²) in [5.74, 6) is 3.09. The Hall–Kier alpha value is -0.900. The molecule has 112 valence electrons. The van der Waals surface area contributed by atoms with Gasteiger partial charge in [-0.1, -0.05) is 25.9 Å². The highest BCUT2D eigenvalue weighted by Crippen LogP contribution is 2.42. The zero-order chi connectivity index (χ0) is 14.2. The fourth-order valence-corrected chi connectivity index (χ4v) is 3.67. The summed E-state index contributed by atoms with van der Waals surface area (Å²) < 4.78 is 5.47. The van der Waals surface area contributed by atoms with Crippen LogP contribution in [0.3, 0.4) is 0 Å². The topological polar surface area (TPSA) is 51.0 Å². The van der Waals surface area contributed by atoms with Crippen LogP contribution in [0.15, 0.2) is 4.52 Å². The number of aromatic nitrogens is 2. The molecule has 0 radical (unpaired) electrons. The van der Waals surface area contributed by atoms with Crippen LogP contribution in [0.1, 0.15) is 83.0 Å². The van der Waals surface area contributed by atoms with E-state index in [4.69, 9.17) is 4.52 Å². The lowest BCUT2D eigenvalue weighted by atomic mass is 9.70. The van der Waals surface area contributed by atoms with Gasteiger partial charge in [0.05, 0.1) is 6.04 Å². The fourth-order valence-electron chi connectivity index (χ4n) is 3.67. The Kier molecular flexibility index (Phi) is 3.85.